The highest BCUT2D eigenvalue weighted by Gasteiger charge is 2.58. The van der Waals surface area contributed by atoms with E-state index in [0.717, 1.165) is 25.3 Å². The first-order valence-electron chi connectivity index (χ1n) is 10.2. The lowest BCUT2D eigenvalue weighted by Crippen LogP contribution is -2.40. The van der Waals surface area contributed by atoms with Gasteiger partial charge in [0, 0.05) is 56.4 Å². The summed E-state index contributed by atoms with van der Waals surface area (Å²) in [4.78, 5) is 6.91. The molecule has 0 saturated carbocycles. The van der Waals surface area contributed by atoms with Gasteiger partial charge in [0.25, 0.3) is 0 Å². The highest BCUT2D eigenvalue weighted by molar-refractivity contribution is 7.89. The summed E-state index contributed by atoms with van der Waals surface area (Å²) in [6.07, 6.45) is 0. The second kappa shape index (κ2) is 7.17. The number of rotatable bonds is 6. The zero-order valence-electron chi connectivity index (χ0n) is 17.8. The third kappa shape index (κ3) is 3.30. The summed E-state index contributed by atoms with van der Waals surface area (Å²) < 4.78 is 34.3. The Hall–Kier alpha value is -1.78. The predicted molar refractivity (Wildman–Crippen MR) is 108 cm³/mol. The van der Waals surface area contributed by atoms with Crippen molar-refractivity contribution in [2.75, 3.05) is 31.9 Å². The van der Waals surface area contributed by atoms with Crippen LogP contribution in [0.2, 0.25) is 0 Å². The zero-order valence-corrected chi connectivity index (χ0v) is 18.7. The first-order valence-corrected chi connectivity index (χ1v) is 11.8. The van der Waals surface area contributed by atoms with E-state index >= 15 is 0 Å². The van der Waals surface area contributed by atoms with Crippen molar-refractivity contribution >= 4 is 10.0 Å². The molecule has 2 aromatic heterocycles. The van der Waals surface area contributed by atoms with Crippen molar-refractivity contribution in [2.45, 2.75) is 53.1 Å². The number of sulfonamides is 1. The molecule has 0 N–H and O–H groups in total. The van der Waals surface area contributed by atoms with Gasteiger partial charge in [0.2, 0.25) is 15.9 Å². The summed E-state index contributed by atoms with van der Waals surface area (Å²) >= 11 is 0. The van der Waals surface area contributed by atoms with Crippen molar-refractivity contribution < 1.29 is 12.9 Å². The Morgan fingerprint density at radius 2 is 1.93 bits per heavy atom. The van der Waals surface area contributed by atoms with Gasteiger partial charge in [-0.1, -0.05) is 5.16 Å². The van der Waals surface area contributed by atoms with Crippen molar-refractivity contribution in [1.82, 2.24) is 29.1 Å². The van der Waals surface area contributed by atoms with E-state index in [2.05, 4.69) is 40.9 Å². The third-order valence-electron chi connectivity index (χ3n) is 6.57. The largest absolute Gasteiger partial charge is 0.339 e. The van der Waals surface area contributed by atoms with E-state index < -0.39 is 15.4 Å². The maximum Gasteiger partial charge on any atom is 0.235 e. The normalized spacial score (nSPS) is 25.8. The molecule has 0 unspecified atom stereocenters. The van der Waals surface area contributed by atoms with Crippen LogP contribution in [-0.2, 0) is 28.5 Å². The number of fused-ring (bicyclic) bond motifs is 1. The van der Waals surface area contributed by atoms with Crippen LogP contribution in [0.5, 0.6) is 0 Å². The average Bonchev–Trinajstić information content (AvgIpc) is 3.40. The van der Waals surface area contributed by atoms with Gasteiger partial charge in [-0.2, -0.15) is 10.1 Å². The minimum atomic E-state index is -3.26. The maximum absolute atomic E-state index is 12.5. The molecule has 2 saturated heterocycles. The van der Waals surface area contributed by atoms with Crippen LogP contribution >= 0.6 is 0 Å². The Morgan fingerprint density at radius 3 is 2.52 bits per heavy atom. The summed E-state index contributed by atoms with van der Waals surface area (Å²) in [5.41, 5.74) is 3.05. The Labute approximate surface area is 172 Å². The predicted octanol–water partition coefficient (Wildman–Crippen LogP) is 1.25. The number of aryl methyl sites for hydroxylation is 3. The molecule has 2 atom stereocenters. The van der Waals surface area contributed by atoms with Crippen LogP contribution in [-0.4, -0.2) is 69.5 Å². The minimum Gasteiger partial charge on any atom is -0.339 e. The van der Waals surface area contributed by atoms with Gasteiger partial charge in [-0.25, -0.2) is 12.7 Å². The van der Waals surface area contributed by atoms with E-state index in [1.54, 1.807) is 18.2 Å². The average molecular weight is 423 g/mol. The molecular formula is C19H30N6O3S. The molecule has 2 fully saturated rings. The van der Waals surface area contributed by atoms with Crippen LogP contribution in [0.25, 0.3) is 0 Å². The molecule has 9 nitrogen and oxygen atoms in total. The van der Waals surface area contributed by atoms with Gasteiger partial charge in [0.05, 0.1) is 16.9 Å². The molecule has 0 radical (unpaired) electrons. The van der Waals surface area contributed by atoms with Crippen molar-refractivity contribution in [2.24, 2.45) is 5.92 Å². The Kier molecular flexibility index (Phi) is 5.07. The second-order valence-electron chi connectivity index (χ2n) is 8.33. The molecule has 0 amide bonds. The van der Waals surface area contributed by atoms with Gasteiger partial charge in [-0.15, -0.1) is 0 Å². The van der Waals surface area contributed by atoms with Crippen LogP contribution in [0.1, 0.15) is 42.5 Å². The lowest BCUT2D eigenvalue weighted by molar-refractivity contribution is 0.243. The van der Waals surface area contributed by atoms with E-state index in [9.17, 15) is 8.42 Å². The minimum absolute atomic E-state index is 0.108. The van der Waals surface area contributed by atoms with Crippen molar-refractivity contribution in [3.63, 3.8) is 0 Å². The van der Waals surface area contributed by atoms with Gasteiger partial charge < -0.3 is 4.52 Å². The fourth-order valence-corrected chi connectivity index (χ4v) is 6.13. The maximum atomic E-state index is 12.5. The van der Waals surface area contributed by atoms with Crippen LogP contribution in [0, 0.1) is 26.7 Å². The highest BCUT2D eigenvalue weighted by atomic mass is 32.2. The monoisotopic (exact) mass is 422 g/mol. The van der Waals surface area contributed by atoms with E-state index in [4.69, 9.17) is 4.52 Å². The Bertz CT molecular complexity index is 1010. The van der Waals surface area contributed by atoms with Gasteiger partial charge in [0.1, 0.15) is 0 Å². The molecule has 10 heteroatoms. The van der Waals surface area contributed by atoms with E-state index in [0.29, 0.717) is 31.3 Å². The number of hydrogen-bond acceptors (Lipinski definition) is 7. The summed E-state index contributed by atoms with van der Waals surface area (Å²) in [5.74, 6) is 1.38. The van der Waals surface area contributed by atoms with Crippen molar-refractivity contribution in [1.29, 1.82) is 0 Å². The third-order valence-corrected chi connectivity index (χ3v) is 8.37. The van der Waals surface area contributed by atoms with Crippen LogP contribution in [0.4, 0.5) is 0 Å². The number of likely N-dealkylation sites (tertiary alicyclic amines) is 1. The Balaban J connectivity index is 1.64. The zero-order chi connectivity index (χ0) is 21.0. The van der Waals surface area contributed by atoms with Crippen molar-refractivity contribution in [3.8, 4) is 0 Å². The van der Waals surface area contributed by atoms with E-state index in [-0.39, 0.29) is 11.7 Å². The fraction of sp³-hybridized carbons (Fsp3) is 0.737. The molecule has 0 aromatic carbocycles. The standard InChI is InChI=1S/C19H30N6O3S/c1-6-25-14(4)17(13(3)21-25)10-23-8-16-9-24(29(26,27)7-2)12-19(16,11-23)18-20-15(5)22-28-18/h16H,6-12H2,1-5H3/t16-,19-/m0/s1. The SMILES string of the molecule is CCn1nc(C)c(CN2C[C@H]3CN(S(=O)(=O)CC)C[C@@]3(c3nc(C)no3)C2)c1C. The summed E-state index contributed by atoms with van der Waals surface area (Å²) in [6.45, 7) is 13.8. The van der Waals surface area contributed by atoms with Crippen LogP contribution in [0.3, 0.4) is 0 Å². The number of hydrogen-bond donors (Lipinski definition) is 0. The molecule has 0 spiro atoms. The molecule has 2 aliphatic heterocycles. The number of aromatic nitrogens is 4. The molecular weight excluding hydrogens is 392 g/mol. The smallest absolute Gasteiger partial charge is 0.235 e. The molecule has 29 heavy (non-hydrogen) atoms. The van der Waals surface area contributed by atoms with Crippen LogP contribution < -0.4 is 0 Å². The molecule has 0 bridgehead atoms. The molecule has 160 valence electrons. The summed E-state index contributed by atoms with van der Waals surface area (Å²) in [6, 6.07) is 0. The highest BCUT2D eigenvalue weighted by Crippen LogP contribution is 2.45. The van der Waals surface area contributed by atoms with Gasteiger partial charge in [-0.05, 0) is 34.6 Å². The topological polar surface area (TPSA) is 97.4 Å². The molecule has 2 aliphatic rings. The molecule has 2 aromatic rings. The second-order valence-corrected chi connectivity index (χ2v) is 10.6. The van der Waals surface area contributed by atoms with Gasteiger partial charge in [-0.3, -0.25) is 9.58 Å². The molecule has 4 heterocycles. The first kappa shape index (κ1) is 20.5. The van der Waals surface area contributed by atoms with Crippen molar-refractivity contribution in [3.05, 3.63) is 28.7 Å². The van der Waals surface area contributed by atoms with Crippen LogP contribution in [0.15, 0.2) is 4.52 Å². The van der Waals surface area contributed by atoms with E-state index in [1.165, 1.54) is 11.3 Å². The van der Waals surface area contributed by atoms with Gasteiger partial charge in [0.15, 0.2) is 5.82 Å². The van der Waals surface area contributed by atoms with Gasteiger partial charge >= 0.3 is 0 Å². The number of nitrogens with zero attached hydrogens (tertiary/aromatic N) is 6. The lowest BCUT2D eigenvalue weighted by atomic mass is 9.81. The van der Waals surface area contributed by atoms with E-state index in [1.807, 2.05) is 4.68 Å². The first-order chi connectivity index (χ1) is 13.7. The lowest BCUT2D eigenvalue weighted by Gasteiger charge is -2.25. The molecule has 4 rings (SSSR count). The summed E-state index contributed by atoms with van der Waals surface area (Å²) in [5, 5.41) is 8.63. The Morgan fingerprint density at radius 1 is 1.17 bits per heavy atom. The fourth-order valence-electron chi connectivity index (χ4n) is 4.93. The summed E-state index contributed by atoms with van der Waals surface area (Å²) in [7, 11) is -3.26. The molecule has 0 aliphatic carbocycles. The quantitative estimate of drug-likeness (QED) is 0.691.